The Morgan fingerprint density at radius 2 is 1.06 bits per heavy atom. The summed E-state index contributed by atoms with van der Waals surface area (Å²) >= 11 is 0. The lowest BCUT2D eigenvalue weighted by Crippen LogP contribution is -2.49. The lowest BCUT2D eigenvalue weighted by molar-refractivity contribution is -0.130. The SMILES string of the molecule is CCCNC(=O)CCCCCNC(=O)CNC(=O)CNC(=O)CNC(=O)CNC(=O)CNC(=O)[C@H](CCCCNC(=O)c1ccccc1N)NC(C)=O. The van der Waals surface area contributed by atoms with Gasteiger partial charge in [-0.15, -0.1) is 0 Å². The molecule has 0 aromatic heterocycles. The van der Waals surface area contributed by atoms with E-state index in [1.807, 2.05) is 6.92 Å². The van der Waals surface area contributed by atoms with Crippen LogP contribution >= 0.6 is 0 Å². The third-order valence-corrected chi connectivity index (χ3v) is 7.29. The van der Waals surface area contributed by atoms with Gasteiger partial charge in [0, 0.05) is 38.7 Å². The van der Waals surface area contributed by atoms with Crippen LogP contribution in [0, 0.1) is 0 Å². The zero-order valence-electron chi connectivity index (χ0n) is 30.5. The maximum Gasteiger partial charge on any atom is 0.253 e. The van der Waals surface area contributed by atoms with Crippen molar-refractivity contribution in [1.82, 2.24) is 47.9 Å². The third kappa shape index (κ3) is 22.6. The van der Waals surface area contributed by atoms with E-state index >= 15 is 0 Å². The van der Waals surface area contributed by atoms with Crippen molar-refractivity contribution < 1.29 is 43.2 Å². The maximum absolute atomic E-state index is 12.6. The van der Waals surface area contributed by atoms with Gasteiger partial charge >= 0.3 is 0 Å². The Balaban J connectivity index is 2.19. The van der Waals surface area contributed by atoms with Crippen LogP contribution in [0.2, 0.25) is 0 Å². The molecule has 0 radical (unpaired) electrons. The van der Waals surface area contributed by atoms with Gasteiger partial charge in [-0.3, -0.25) is 43.2 Å². The highest BCUT2D eigenvalue weighted by Gasteiger charge is 2.20. The summed E-state index contributed by atoms with van der Waals surface area (Å²) in [6, 6.07) is 5.71. The van der Waals surface area contributed by atoms with E-state index in [4.69, 9.17) is 5.73 Å². The van der Waals surface area contributed by atoms with Crippen molar-refractivity contribution in [1.29, 1.82) is 0 Å². The Morgan fingerprint density at radius 1 is 0.566 bits per heavy atom. The van der Waals surface area contributed by atoms with Gasteiger partial charge in [0.2, 0.25) is 47.3 Å². The molecule has 11 N–H and O–H groups in total. The van der Waals surface area contributed by atoms with Crippen LogP contribution in [0.4, 0.5) is 5.69 Å². The van der Waals surface area contributed by atoms with Gasteiger partial charge < -0.3 is 53.6 Å². The second kappa shape index (κ2) is 27.0. The van der Waals surface area contributed by atoms with Gasteiger partial charge in [-0.2, -0.15) is 0 Å². The van der Waals surface area contributed by atoms with Crippen molar-refractivity contribution in [3.05, 3.63) is 29.8 Å². The Labute approximate surface area is 308 Å². The fourth-order valence-electron chi connectivity index (χ4n) is 4.48. The molecule has 0 saturated heterocycles. The molecule has 1 rings (SSSR count). The highest BCUT2D eigenvalue weighted by Crippen LogP contribution is 2.10. The van der Waals surface area contributed by atoms with Gasteiger partial charge in [-0.05, 0) is 50.7 Å². The average Bonchev–Trinajstić information content (AvgIpc) is 3.13. The molecule has 19 nitrogen and oxygen atoms in total. The minimum atomic E-state index is -0.931. The Kier molecular flexibility index (Phi) is 23.0. The Bertz CT molecular complexity index is 1410. The molecule has 0 saturated carbocycles. The standard InChI is InChI=1S/C34H54N10O9/c1-3-15-36-27(46)14-5-4-9-16-37-28(47)18-39-29(48)19-40-30(49)20-41-31(50)21-42-32(51)22-43-34(53)26(44-23(2)45)13-8-10-17-38-33(52)24-11-6-7-12-25(24)35/h6-7,11-12,26H,3-5,8-10,13-22,35H2,1-2H3,(H,36,46)(H,37,47)(H,38,52)(H,39,48)(H,40,49)(H,41,50)(H,42,51)(H,43,53)(H,44,45)/t26-/m0/s1. The molecule has 294 valence electrons. The lowest BCUT2D eigenvalue weighted by Gasteiger charge is -2.17. The van der Waals surface area contributed by atoms with Crippen LogP contribution in [0.5, 0.6) is 0 Å². The average molecular weight is 747 g/mol. The number of unbranched alkanes of at least 4 members (excludes halogenated alkanes) is 3. The van der Waals surface area contributed by atoms with Crippen molar-refractivity contribution in [3.8, 4) is 0 Å². The molecule has 0 heterocycles. The highest BCUT2D eigenvalue weighted by atomic mass is 16.2. The van der Waals surface area contributed by atoms with Crippen molar-refractivity contribution >= 4 is 58.9 Å². The molecule has 0 bridgehead atoms. The number of nitrogens with one attached hydrogen (secondary N) is 9. The predicted molar refractivity (Wildman–Crippen MR) is 194 cm³/mol. The normalized spacial score (nSPS) is 10.8. The molecule has 0 aliphatic heterocycles. The van der Waals surface area contributed by atoms with E-state index in [1.54, 1.807) is 24.3 Å². The fraction of sp³-hybridized carbons (Fsp3) is 0.559. The predicted octanol–water partition coefficient (Wildman–Crippen LogP) is -2.54. The van der Waals surface area contributed by atoms with Gasteiger partial charge in [0.1, 0.15) is 6.04 Å². The van der Waals surface area contributed by atoms with Gasteiger partial charge in [0.25, 0.3) is 5.91 Å². The number of carbonyl (C=O) groups excluding carboxylic acids is 9. The largest absolute Gasteiger partial charge is 0.398 e. The van der Waals surface area contributed by atoms with Crippen LogP contribution in [0.25, 0.3) is 0 Å². The number of anilines is 1. The van der Waals surface area contributed by atoms with E-state index < -0.39 is 73.6 Å². The van der Waals surface area contributed by atoms with Gasteiger partial charge in [0.05, 0.1) is 38.3 Å². The molecular weight excluding hydrogens is 692 g/mol. The molecule has 1 atom stereocenters. The summed E-state index contributed by atoms with van der Waals surface area (Å²) in [5.41, 5.74) is 6.51. The summed E-state index contributed by atoms with van der Waals surface area (Å²) in [4.78, 5) is 108. The number of para-hydroxylation sites is 1. The summed E-state index contributed by atoms with van der Waals surface area (Å²) in [5, 5.41) is 22.3. The van der Waals surface area contributed by atoms with Crippen LogP contribution in [0.3, 0.4) is 0 Å². The Hall–Kier alpha value is -5.75. The van der Waals surface area contributed by atoms with Crippen molar-refractivity contribution in [2.75, 3.05) is 58.1 Å². The first kappa shape index (κ1) is 45.3. The molecule has 9 amide bonds. The molecule has 0 fully saturated rings. The molecule has 53 heavy (non-hydrogen) atoms. The summed E-state index contributed by atoms with van der Waals surface area (Å²) in [6.45, 7) is 2.40. The van der Waals surface area contributed by atoms with Crippen LogP contribution in [-0.4, -0.2) is 112 Å². The first-order chi connectivity index (χ1) is 25.3. The molecule has 0 unspecified atom stereocenters. The van der Waals surface area contributed by atoms with E-state index in [0.717, 1.165) is 12.8 Å². The first-order valence-corrected chi connectivity index (χ1v) is 17.6. The van der Waals surface area contributed by atoms with Crippen LogP contribution in [-0.2, 0) is 38.4 Å². The highest BCUT2D eigenvalue weighted by molar-refractivity contribution is 5.99. The topological polar surface area (TPSA) is 288 Å². The van der Waals surface area contributed by atoms with Crippen molar-refractivity contribution in [2.24, 2.45) is 0 Å². The zero-order valence-corrected chi connectivity index (χ0v) is 30.5. The minimum Gasteiger partial charge on any atom is -0.398 e. The molecule has 1 aromatic carbocycles. The van der Waals surface area contributed by atoms with Crippen LogP contribution in [0.1, 0.15) is 75.6 Å². The number of carbonyl (C=O) groups is 9. The number of hydrogen-bond acceptors (Lipinski definition) is 10. The van der Waals surface area contributed by atoms with E-state index in [1.165, 1.54) is 6.92 Å². The molecular formula is C34H54N10O9. The number of amides is 9. The molecule has 1 aromatic rings. The molecule has 19 heteroatoms. The quantitative estimate of drug-likeness (QED) is 0.0350. The van der Waals surface area contributed by atoms with Crippen molar-refractivity contribution in [3.63, 3.8) is 0 Å². The minimum absolute atomic E-state index is 0.00791. The van der Waals surface area contributed by atoms with E-state index in [-0.39, 0.29) is 24.8 Å². The monoisotopic (exact) mass is 746 g/mol. The van der Waals surface area contributed by atoms with E-state index in [2.05, 4.69) is 47.9 Å². The third-order valence-electron chi connectivity index (χ3n) is 7.29. The summed E-state index contributed by atoms with van der Waals surface area (Å²) < 4.78 is 0. The van der Waals surface area contributed by atoms with Crippen LogP contribution in [0.15, 0.2) is 24.3 Å². The second-order valence-electron chi connectivity index (χ2n) is 11.9. The number of nitrogen functional groups attached to an aromatic ring is 1. The summed E-state index contributed by atoms with van der Waals surface area (Å²) in [5.74, 6) is -4.50. The number of hydrogen-bond donors (Lipinski definition) is 10. The molecule has 0 aliphatic carbocycles. The van der Waals surface area contributed by atoms with E-state index in [9.17, 15) is 43.2 Å². The van der Waals surface area contributed by atoms with Gasteiger partial charge in [0.15, 0.2) is 0 Å². The number of nitrogens with two attached hydrogens (primary N) is 1. The number of benzene rings is 1. The summed E-state index contributed by atoms with van der Waals surface area (Å²) in [7, 11) is 0. The van der Waals surface area contributed by atoms with Crippen LogP contribution < -0.4 is 53.6 Å². The van der Waals surface area contributed by atoms with Crippen molar-refractivity contribution in [2.45, 2.75) is 71.3 Å². The first-order valence-electron chi connectivity index (χ1n) is 17.6. The smallest absolute Gasteiger partial charge is 0.253 e. The van der Waals surface area contributed by atoms with Gasteiger partial charge in [-0.1, -0.05) is 25.5 Å². The Morgan fingerprint density at radius 3 is 1.60 bits per heavy atom. The zero-order chi connectivity index (χ0) is 39.4. The van der Waals surface area contributed by atoms with Gasteiger partial charge in [-0.25, -0.2) is 0 Å². The maximum atomic E-state index is 12.6. The number of rotatable bonds is 26. The fourth-order valence-corrected chi connectivity index (χ4v) is 4.48. The molecule has 0 spiro atoms. The second-order valence-corrected chi connectivity index (χ2v) is 11.9. The lowest BCUT2D eigenvalue weighted by atomic mass is 10.1. The van der Waals surface area contributed by atoms with E-state index in [0.29, 0.717) is 63.0 Å². The summed E-state index contributed by atoms with van der Waals surface area (Å²) in [6.07, 6.45) is 4.67. The molecule has 0 aliphatic rings.